The first-order valence-corrected chi connectivity index (χ1v) is 8.67. The molecule has 0 aromatic carbocycles. The van der Waals surface area contributed by atoms with Crippen LogP contribution in [0.25, 0.3) is 0 Å². The van der Waals surface area contributed by atoms with Crippen molar-refractivity contribution in [3.63, 3.8) is 0 Å². The maximum Gasteiger partial charge on any atom is 0.253 e. The Morgan fingerprint density at radius 1 is 1.29 bits per heavy atom. The highest BCUT2D eigenvalue weighted by Gasteiger charge is 2.22. The van der Waals surface area contributed by atoms with Crippen LogP contribution in [0, 0.1) is 13.8 Å². The molecule has 2 aromatic rings. The second-order valence-electron chi connectivity index (χ2n) is 6.78. The number of nitrogens with two attached hydrogens (primary N) is 1. The minimum atomic E-state index is 0.0239. The van der Waals surface area contributed by atoms with E-state index in [1.54, 1.807) is 6.20 Å². The molecule has 3 N–H and O–H groups in total. The summed E-state index contributed by atoms with van der Waals surface area (Å²) in [6, 6.07) is 8.41. The minimum absolute atomic E-state index is 0.0239. The molecule has 0 bridgehead atoms. The molecule has 0 saturated heterocycles. The Balaban J connectivity index is 1.72. The Labute approximate surface area is 143 Å². The molecule has 5 heteroatoms. The molecule has 1 aliphatic carbocycles. The highest BCUT2D eigenvalue weighted by Crippen LogP contribution is 2.20. The van der Waals surface area contributed by atoms with Crippen molar-refractivity contribution in [2.24, 2.45) is 5.73 Å². The lowest BCUT2D eigenvalue weighted by Gasteiger charge is -2.26. The second kappa shape index (κ2) is 7.18. The molecule has 1 amide bonds. The van der Waals surface area contributed by atoms with Crippen LogP contribution in [0.5, 0.6) is 0 Å². The molecule has 24 heavy (non-hydrogen) atoms. The van der Waals surface area contributed by atoms with Gasteiger partial charge in [0.2, 0.25) is 0 Å². The third-order valence-electron chi connectivity index (χ3n) is 4.97. The molecule has 128 valence electrons. The molecule has 5 nitrogen and oxygen atoms in total. The zero-order valence-electron chi connectivity index (χ0n) is 14.5. The number of rotatable bonds is 4. The summed E-state index contributed by atoms with van der Waals surface area (Å²) < 4.78 is 2.15. The SMILES string of the molecule is Cc1cc(C(=O)NC2CCC(N)CC2)c(C)n1Cc1ccccn1. The highest BCUT2D eigenvalue weighted by molar-refractivity contribution is 5.95. The lowest BCUT2D eigenvalue weighted by atomic mass is 9.91. The van der Waals surface area contributed by atoms with E-state index in [1.807, 2.05) is 38.1 Å². The Bertz CT molecular complexity index is 700. The maximum absolute atomic E-state index is 12.7. The molecule has 1 fully saturated rings. The van der Waals surface area contributed by atoms with Gasteiger partial charge in [-0.25, -0.2) is 0 Å². The van der Waals surface area contributed by atoms with Crippen LogP contribution >= 0.6 is 0 Å². The number of carbonyl (C=O) groups is 1. The lowest BCUT2D eigenvalue weighted by molar-refractivity contribution is 0.0925. The van der Waals surface area contributed by atoms with Crippen LogP contribution in [0.3, 0.4) is 0 Å². The summed E-state index contributed by atoms with van der Waals surface area (Å²) in [5.41, 5.74) is 9.76. The van der Waals surface area contributed by atoms with Crippen LogP contribution in [0.4, 0.5) is 0 Å². The fourth-order valence-corrected chi connectivity index (χ4v) is 3.45. The van der Waals surface area contributed by atoms with E-state index in [4.69, 9.17) is 5.73 Å². The molecule has 2 aromatic heterocycles. The van der Waals surface area contributed by atoms with Gasteiger partial charge in [0.15, 0.2) is 0 Å². The first-order valence-electron chi connectivity index (χ1n) is 8.67. The summed E-state index contributed by atoms with van der Waals surface area (Å²) in [6.07, 6.45) is 5.72. The number of pyridine rings is 1. The number of nitrogens with zero attached hydrogens (tertiary/aromatic N) is 2. The fraction of sp³-hybridized carbons (Fsp3) is 0.474. The average molecular weight is 326 g/mol. The number of amides is 1. The van der Waals surface area contributed by atoms with Crippen molar-refractivity contribution >= 4 is 5.91 Å². The van der Waals surface area contributed by atoms with Crippen LogP contribution in [0.1, 0.15) is 53.1 Å². The molecule has 0 unspecified atom stereocenters. The highest BCUT2D eigenvalue weighted by atomic mass is 16.1. The van der Waals surface area contributed by atoms with Crippen LogP contribution in [-0.2, 0) is 6.54 Å². The van der Waals surface area contributed by atoms with Crippen LogP contribution < -0.4 is 11.1 Å². The van der Waals surface area contributed by atoms with E-state index in [-0.39, 0.29) is 11.9 Å². The third-order valence-corrected chi connectivity index (χ3v) is 4.97. The fourth-order valence-electron chi connectivity index (χ4n) is 3.45. The number of aromatic nitrogens is 2. The zero-order valence-corrected chi connectivity index (χ0v) is 14.5. The van der Waals surface area contributed by atoms with Crippen molar-refractivity contribution in [1.82, 2.24) is 14.9 Å². The van der Waals surface area contributed by atoms with Crippen LogP contribution in [-0.4, -0.2) is 27.5 Å². The van der Waals surface area contributed by atoms with Gasteiger partial charge in [0.1, 0.15) is 0 Å². The van der Waals surface area contributed by atoms with E-state index in [1.165, 1.54) is 0 Å². The monoisotopic (exact) mass is 326 g/mol. The second-order valence-corrected chi connectivity index (χ2v) is 6.78. The quantitative estimate of drug-likeness (QED) is 0.907. The van der Waals surface area contributed by atoms with Crippen molar-refractivity contribution < 1.29 is 4.79 Å². The Hall–Kier alpha value is -2.14. The van der Waals surface area contributed by atoms with Crippen molar-refractivity contribution in [3.05, 3.63) is 53.1 Å². The lowest BCUT2D eigenvalue weighted by Crippen LogP contribution is -2.40. The van der Waals surface area contributed by atoms with Gasteiger partial charge in [-0.1, -0.05) is 6.07 Å². The molecule has 0 spiro atoms. The predicted molar refractivity (Wildman–Crippen MR) is 94.9 cm³/mol. The third kappa shape index (κ3) is 3.67. The van der Waals surface area contributed by atoms with Gasteiger partial charge in [-0.3, -0.25) is 9.78 Å². The van der Waals surface area contributed by atoms with Gasteiger partial charge in [-0.2, -0.15) is 0 Å². The number of hydrogen-bond donors (Lipinski definition) is 2. The molecule has 0 aliphatic heterocycles. The van der Waals surface area contributed by atoms with E-state index in [9.17, 15) is 4.79 Å². The molecule has 0 radical (unpaired) electrons. The number of aryl methyl sites for hydroxylation is 1. The Morgan fingerprint density at radius 2 is 2.04 bits per heavy atom. The standard InChI is InChI=1S/C19H26N4O/c1-13-11-18(19(24)22-16-8-6-15(20)7-9-16)14(2)23(13)12-17-5-3-4-10-21-17/h3-5,10-11,15-16H,6-9,12,20H2,1-2H3,(H,22,24). The molecule has 0 atom stereocenters. The van der Waals surface area contributed by atoms with Crippen LogP contribution in [0.2, 0.25) is 0 Å². The van der Waals surface area contributed by atoms with Gasteiger partial charge in [0.25, 0.3) is 5.91 Å². The molecule has 3 rings (SSSR count). The summed E-state index contributed by atoms with van der Waals surface area (Å²) in [7, 11) is 0. The first kappa shape index (κ1) is 16.7. The van der Waals surface area contributed by atoms with Gasteiger partial charge in [-0.15, -0.1) is 0 Å². The van der Waals surface area contributed by atoms with Crippen molar-refractivity contribution in [3.8, 4) is 0 Å². The summed E-state index contributed by atoms with van der Waals surface area (Å²) >= 11 is 0. The van der Waals surface area contributed by atoms with Gasteiger partial charge in [-0.05, 0) is 57.7 Å². The maximum atomic E-state index is 12.7. The van der Waals surface area contributed by atoms with Gasteiger partial charge in [0.05, 0.1) is 17.8 Å². The predicted octanol–water partition coefficient (Wildman–Crippen LogP) is 2.55. The summed E-state index contributed by atoms with van der Waals surface area (Å²) in [5.74, 6) is 0.0239. The van der Waals surface area contributed by atoms with Gasteiger partial charge >= 0.3 is 0 Å². The smallest absolute Gasteiger partial charge is 0.253 e. The summed E-state index contributed by atoms with van der Waals surface area (Å²) in [4.78, 5) is 17.0. The number of nitrogens with one attached hydrogen (secondary N) is 1. The van der Waals surface area contributed by atoms with Gasteiger partial charge < -0.3 is 15.6 Å². The van der Waals surface area contributed by atoms with Crippen molar-refractivity contribution in [2.75, 3.05) is 0 Å². The topological polar surface area (TPSA) is 72.9 Å². The van der Waals surface area contributed by atoms with E-state index < -0.39 is 0 Å². The Morgan fingerprint density at radius 3 is 2.71 bits per heavy atom. The van der Waals surface area contributed by atoms with E-state index in [0.29, 0.717) is 12.6 Å². The van der Waals surface area contributed by atoms with Gasteiger partial charge in [0, 0.05) is 29.7 Å². The van der Waals surface area contributed by atoms with Crippen LogP contribution in [0.15, 0.2) is 30.5 Å². The normalized spacial score (nSPS) is 20.8. The number of hydrogen-bond acceptors (Lipinski definition) is 3. The van der Waals surface area contributed by atoms with E-state index in [0.717, 1.165) is 48.3 Å². The Kier molecular flexibility index (Phi) is 5.00. The molecule has 2 heterocycles. The largest absolute Gasteiger partial charge is 0.349 e. The summed E-state index contributed by atoms with van der Waals surface area (Å²) in [5, 5.41) is 3.18. The molecule has 1 saturated carbocycles. The summed E-state index contributed by atoms with van der Waals surface area (Å²) in [6.45, 7) is 4.72. The van der Waals surface area contributed by atoms with E-state index in [2.05, 4.69) is 14.9 Å². The van der Waals surface area contributed by atoms with Crippen molar-refractivity contribution in [1.29, 1.82) is 0 Å². The van der Waals surface area contributed by atoms with E-state index >= 15 is 0 Å². The molecular weight excluding hydrogens is 300 g/mol. The number of carbonyl (C=O) groups excluding carboxylic acids is 1. The minimum Gasteiger partial charge on any atom is -0.349 e. The first-order chi connectivity index (χ1) is 11.5. The van der Waals surface area contributed by atoms with Crippen molar-refractivity contribution in [2.45, 2.75) is 58.2 Å². The molecular formula is C19H26N4O. The average Bonchev–Trinajstić information content (AvgIpc) is 2.86. The zero-order chi connectivity index (χ0) is 17.1. The molecule has 1 aliphatic rings.